The normalized spacial score (nSPS) is 14.8. The molecule has 0 radical (unpaired) electrons. The fourth-order valence-corrected chi connectivity index (χ4v) is 2.10. The number of aryl methyl sites for hydroxylation is 1. The van der Waals surface area contributed by atoms with Crippen molar-refractivity contribution in [3.8, 4) is 0 Å². The molecule has 5 heteroatoms. The molecule has 0 fully saturated rings. The molecule has 0 unspecified atom stereocenters. The Balaban J connectivity index is 1.89. The van der Waals surface area contributed by atoms with Crippen LogP contribution in [-0.4, -0.2) is 21.1 Å². The number of aromatic nitrogens is 3. The Morgan fingerprint density at radius 3 is 3.00 bits per heavy atom. The second-order valence-electron chi connectivity index (χ2n) is 4.30. The van der Waals surface area contributed by atoms with Crippen molar-refractivity contribution in [1.82, 2.24) is 14.5 Å². The van der Waals surface area contributed by atoms with Crippen LogP contribution in [-0.2, 0) is 13.1 Å². The summed E-state index contributed by atoms with van der Waals surface area (Å²) < 4.78 is 2.18. The van der Waals surface area contributed by atoms with Crippen LogP contribution in [0.2, 0.25) is 0 Å². The summed E-state index contributed by atoms with van der Waals surface area (Å²) in [5.74, 6) is 2.07. The van der Waals surface area contributed by atoms with Gasteiger partial charge in [0.25, 0.3) is 0 Å². The number of fused-ring (bicyclic) bond motifs is 1. The summed E-state index contributed by atoms with van der Waals surface area (Å²) >= 11 is 0. The lowest BCUT2D eigenvalue weighted by molar-refractivity contribution is 0.556. The monoisotopic (exact) mass is 229 g/mol. The lowest BCUT2D eigenvalue weighted by Gasteiger charge is -2.28. The minimum atomic E-state index is 0.743. The van der Waals surface area contributed by atoms with Gasteiger partial charge in [0.1, 0.15) is 11.6 Å². The standard InChI is InChI=1S/C12H15N5/c1-9-10(13)2-3-11(15-9)17-7-6-16-5-4-14-12(16)8-17/h2-5H,6-8,13H2,1H3. The number of imidazole rings is 1. The van der Waals surface area contributed by atoms with Crippen molar-refractivity contribution in [1.29, 1.82) is 0 Å². The second-order valence-corrected chi connectivity index (χ2v) is 4.30. The Kier molecular flexibility index (Phi) is 2.24. The molecule has 0 atom stereocenters. The van der Waals surface area contributed by atoms with Crippen LogP contribution in [0.3, 0.4) is 0 Å². The summed E-state index contributed by atoms with van der Waals surface area (Å²) in [5.41, 5.74) is 7.41. The predicted octanol–water partition coefficient (Wildman–Crippen LogP) is 1.19. The Morgan fingerprint density at radius 1 is 1.29 bits per heavy atom. The average Bonchev–Trinajstić information content (AvgIpc) is 2.79. The summed E-state index contributed by atoms with van der Waals surface area (Å²) in [4.78, 5) is 11.1. The average molecular weight is 229 g/mol. The topological polar surface area (TPSA) is 60.0 Å². The highest BCUT2D eigenvalue weighted by molar-refractivity contribution is 5.50. The van der Waals surface area contributed by atoms with Crippen LogP contribution in [0.25, 0.3) is 0 Å². The third-order valence-corrected chi connectivity index (χ3v) is 3.18. The highest BCUT2D eigenvalue weighted by Crippen LogP contribution is 2.20. The van der Waals surface area contributed by atoms with Gasteiger partial charge in [0.15, 0.2) is 0 Å². The van der Waals surface area contributed by atoms with E-state index in [0.29, 0.717) is 0 Å². The van der Waals surface area contributed by atoms with E-state index < -0.39 is 0 Å². The molecule has 0 amide bonds. The maximum Gasteiger partial charge on any atom is 0.129 e. The fraction of sp³-hybridized carbons (Fsp3) is 0.333. The van der Waals surface area contributed by atoms with Crippen LogP contribution in [0.4, 0.5) is 11.5 Å². The molecule has 1 aliphatic heterocycles. The van der Waals surface area contributed by atoms with Gasteiger partial charge in [-0.25, -0.2) is 9.97 Å². The van der Waals surface area contributed by atoms with Crippen molar-refractivity contribution < 1.29 is 0 Å². The smallest absolute Gasteiger partial charge is 0.129 e. The third-order valence-electron chi connectivity index (χ3n) is 3.18. The molecule has 2 aromatic rings. The molecule has 0 aromatic carbocycles. The highest BCUT2D eigenvalue weighted by atomic mass is 15.3. The van der Waals surface area contributed by atoms with Crippen LogP contribution in [0.15, 0.2) is 24.5 Å². The lowest BCUT2D eigenvalue weighted by Crippen LogP contribution is -2.34. The van der Waals surface area contributed by atoms with E-state index in [1.807, 2.05) is 31.5 Å². The van der Waals surface area contributed by atoms with Crippen molar-refractivity contribution in [2.75, 3.05) is 17.2 Å². The van der Waals surface area contributed by atoms with Crippen molar-refractivity contribution in [2.45, 2.75) is 20.0 Å². The molecule has 2 aromatic heterocycles. The van der Waals surface area contributed by atoms with Crippen molar-refractivity contribution in [3.05, 3.63) is 36.0 Å². The first-order valence-electron chi connectivity index (χ1n) is 5.72. The maximum atomic E-state index is 5.78. The third kappa shape index (κ3) is 1.73. The number of rotatable bonds is 1. The van der Waals surface area contributed by atoms with Crippen molar-refractivity contribution in [2.24, 2.45) is 0 Å². The molecule has 88 valence electrons. The van der Waals surface area contributed by atoms with Gasteiger partial charge in [0.05, 0.1) is 17.9 Å². The zero-order valence-corrected chi connectivity index (χ0v) is 9.80. The van der Waals surface area contributed by atoms with Crippen LogP contribution < -0.4 is 10.6 Å². The molecular weight excluding hydrogens is 214 g/mol. The molecular formula is C12H15N5. The number of nitrogen functional groups attached to an aromatic ring is 1. The van der Waals surface area contributed by atoms with Crippen LogP contribution >= 0.6 is 0 Å². The predicted molar refractivity (Wildman–Crippen MR) is 66.7 cm³/mol. The van der Waals surface area contributed by atoms with E-state index in [4.69, 9.17) is 5.73 Å². The van der Waals surface area contributed by atoms with E-state index in [0.717, 1.165) is 42.7 Å². The van der Waals surface area contributed by atoms with Crippen LogP contribution in [0.1, 0.15) is 11.5 Å². The number of hydrogen-bond acceptors (Lipinski definition) is 4. The van der Waals surface area contributed by atoms with Gasteiger partial charge in [0.2, 0.25) is 0 Å². The number of nitrogens with zero attached hydrogens (tertiary/aromatic N) is 4. The van der Waals surface area contributed by atoms with E-state index in [9.17, 15) is 0 Å². The molecule has 0 saturated heterocycles. The van der Waals surface area contributed by atoms with E-state index in [1.165, 1.54) is 0 Å². The van der Waals surface area contributed by atoms with Gasteiger partial charge < -0.3 is 15.2 Å². The van der Waals surface area contributed by atoms with Gasteiger partial charge in [-0.1, -0.05) is 0 Å². The number of pyridine rings is 1. The fourth-order valence-electron chi connectivity index (χ4n) is 2.10. The van der Waals surface area contributed by atoms with Gasteiger partial charge in [0, 0.05) is 25.5 Å². The van der Waals surface area contributed by atoms with Crippen molar-refractivity contribution in [3.63, 3.8) is 0 Å². The highest BCUT2D eigenvalue weighted by Gasteiger charge is 2.17. The molecule has 2 N–H and O–H groups in total. The summed E-state index contributed by atoms with van der Waals surface area (Å²) in [6.07, 6.45) is 3.87. The van der Waals surface area contributed by atoms with E-state index >= 15 is 0 Å². The maximum absolute atomic E-state index is 5.78. The lowest BCUT2D eigenvalue weighted by atomic mass is 10.3. The minimum absolute atomic E-state index is 0.743. The van der Waals surface area contributed by atoms with Gasteiger partial charge in [-0.2, -0.15) is 0 Å². The van der Waals surface area contributed by atoms with Gasteiger partial charge >= 0.3 is 0 Å². The minimum Gasteiger partial charge on any atom is -0.397 e. The largest absolute Gasteiger partial charge is 0.397 e. The Hall–Kier alpha value is -2.04. The molecule has 0 aliphatic carbocycles. The van der Waals surface area contributed by atoms with Crippen molar-refractivity contribution >= 4 is 11.5 Å². The molecule has 0 saturated carbocycles. The number of hydrogen-bond donors (Lipinski definition) is 1. The zero-order chi connectivity index (χ0) is 11.8. The van der Waals surface area contributed by atoms with Crippen LogP contribution in [0.5, 0.6) is 0 Å². The second kappa shape index (κ2) is 3.76. The molecule has 3 heterocycles. The molecule has 3 rings (SSSR count). The zero-order valence-electron chi connectivity index (χ0n) is 9.80. The summed E-state index contributed by atoms with van der Waals surface area (Å²) in [7, 11) is 0. The first-order chi connectivity index (χ1) is 8.24. The molecule has 0 bridgehead atoms. The molecule has 17 heavy (non-hydrogen) atoms. The van der Waals surface area contributed by atoms with E-state index in [1.54, 1.807) is 0 Å². The SMILES string of the molecule is Cc1nc(N2CCn3ccnc3C2)ccc1N. The van der Waals surface area contributed by atoms with E-state index in [-0.39, 0.29) is 0 Å². The Labute approximate surface area is 99.9 Å². The van der Waals surface area contributed by atoms with Crippen LogP contribution in [0, 0.1) is 6.92 Å². The quantitative estimate of drug-likeness (QED) is 0.798. The molecule has 5 nitrogen and oxygen atoms in total. The number of anilines is 2. The number of nitrogens with two attached hydrogens (primary N) is 1. The van der Waals surface area contributed by atoms with Gasteiger partial charge in [-0.15, -0.1) is 0 Å². The Bertz CT molecular complexity index is 546. The first-order valence-corrected chi connectivity index (χ1v) is 5.72. The van der Waals surface area contributed by atoms with E-state index in [2.05, 4.69) is 19.4 Å². The molecule has 1 aliphatic rings. The summed E-state index contributed by atoms with van der Waals surface area (Å²) in [5, 5.41) is 0. The molecule has 0 spiro atoms. The van der Waals surface area contributed by atoms with Gasteiger partial charge in [-0.05, 0) is 19.1 Å². The summed E-state index contributed by atoms with van der Waals surface area (Å²) in [6, 6.07) is 3.89. The van der Waals surface area contributed by atoms with Gasteiger partial charge in [-0.3, -0.25) is 0 Å². The first kappa shape index (κ1) is 10.1. The Morgan fingerprint density at radius 2 is 2.18 bits per heavy atom. The summed E-state index contributed by atoms with van der Waals surface area (Å²) in [6.45, 7) is 4.66.